The van der Waals surface area contributed by atoms with Gasteiger partial charge in [0.1, 0.15) is 5.82 Å². The smallest absolute Gasteiger partial charge is 0.257 e. The number of thiazole rings is 1. The van der Waals surface area contributed by atoms with E-state index in [-0.39, 0.29) is 18.2 Å². The molecule has 8 nitrogen and oxygen atoms in total. The normalized spacial score (nSPS) is 17.0. The fourth-order valence-corrected chi connectivity index (χ4v) is 4.57. The molecule has 2 aliphatic rings. The quantitative estimate of drug-likeness (QED) is 0.617. The van der Waals surface area contributed by atoms with E-state index in [1.54, 1.807) is 12.1 Å². The average Bonchev–Trinajstić information content (AvgIpc) is 3.37. The zero-order valence-electron chi connectivity index (χ0n) is 17.1. The number of nitrogens with zero attached hydrogens (tertiary/aromatic N) is 4. The summed E-state index contributed by atoms with van der Waals surface area (Å²) in [6, 6.07) is 9.01. The van der Waals surface area contributed by atoms with Gasteiger partial charge < -0.3 is 4.90 Å². The Balaban J connectivity index is 1.12. The summed E-state index contributed by atoms with van der Waals surface area (Å²) in [5.41, 5.74) is 1.26. The molecule has 0 radical (unpaired) electrons. The molecule has 0 atom stereocenters. The van der Waals surface area contributed by atoms with E-state index in [1.165, 1.54) is 24.2 Å². The summed E-state index contributed by atoms with van der Waals surface area (Å²) in [5, 5.41) is 12.6. The first-order valence-corrected chi connectivity index (χ1v) is 11.5. The van der Waals surface area contributed by atoms with Crippen molar-refractivity contribution >= 4 is 28.3 Å². The molecule has 5 rings (SSSR count). The van der Waals surface area contributed by atoms with Crippen LogP contribution in [0.15, 0.2) is 35.7 Å². The van der Waals surface area contributed by atoms with Crippen molar-refractivity contribution in [2.45, 2.75) is 43.9 Å². The molecule has 1 saturated carbocycles. The zero-order chi connectivity index (χ0) is 21.2. The van der Waals surface area contributed by atoms with Gasteiger partial charge in [0.05, 0.1) is 12.1 Å². The van der Waals surface area contributed by atoms with Crippen LogP contribution in [0.4, 0.5) is 5.13 Å². The number of rotatable bonds is 6. The number of piperidine rings is 1. The molecule has 1 aliphatic carbocycles. The number of benzene rings is 1. The molecule has 0 unspecified atom stereocenters. The first-order valence-electron chi connectivity index (χ1n) is 10.7. The van der Waals surface area contributed by atoms with Crippen LogP contribution >= 0.6 is 11.3 Å². The van der Waals surface area contributed by atoms with Gasteiger partial charge in [-0.2, -0.15) is 5.10 Å². The largest absolute Gasteiger partial charge is 0.342 e. The Morgan fingerprint density at radius 3 is 2.58 bits per heavy atom. The third-order valence-electron chi connectivity index (χ3n) is 5.84. The van der Waals surface area contributed by atoms with Gasteiger partial charge >= 0.3 is 0 Å². The molecule has 1 aliphatic heterocycles. The number of amides is 2. The Morgan fingerprint density at radius 1 is 1.06 bits per heavy atom. The van der Waals surface area contributed by atoms with Crippen molar-refractivity contribution in [2.24, 2.45) is 0 Å². The summed E-state index contributed by atoms with van der Waals surface area (Å²) < 4.78 is 0. The van der Waals surface area contributed by atoms with Gasteiger partial charge in [0.25, 0.3) is 5.91 Å². The van der Waals surface area contributed by atoms with E-state index in [0.717, 1.165) is 24.5 Å². The van der Waals surface area contributed by atoms with Gasteiger partial charge in [0.15, 0.2) is 11.0 Å². The molecule has 1 saturated heterocycles. The third-order valence-corrected chi connectivity index (χ3v) is 6.64. The first kappa shape index (κ1) is 19.9. The molecule has 2 amide bonds. The Bertz CT molecular complexity index is 1070. The van der Waals surface area contributed by atoms with Gasteiger partial charge in [-0.25, -0.2) is 9.97 Å². The predicted octanol–water partition coefficient (Wildman–Crippen LogP) is 3.34. The minimum absolute atomic E-state index is 0.0703. The second kappa shape index (κ2) is 8.58. The van der Waals surface area contributed by atoms with Gasteiger partial charge in [-0.3, -0.25) is 20.0 Å². The van der Waals surface area contributed by atoms with Crippen LogP contribution in [0.3, 0.4) is 0 Å². The van der Waals surface area contributed by atoms with Gasteiger partial charge in [-0.1, -0.05) is 18.2 Å². The van der Waals surface area contributed by atoms with Crippen molar-refractivity contribution in [2.75, 3.05) is 18.4 Å². The van der Waals surface area contributed by atoms with Crippen molar-refractivity contribution in [3.05, 3.63) is 58.6 Å². The van der Waals surface area contributed by atoms with Gasteiger partial charge in [-0.05, 0) is 37.8 Å². The lowest BCUT2D eigenvalue weighted by molar-refractivity contribution is -0.131. The molecule has 2 aromatic heterocycles. The number of aromatic nitrogens is 4. The van der Waals surface area contributed by atoms with Crippen molar-refractivity contribution in [1.82, 2.24) is 25.1 Å². The van der Waals surface area contributed by atoms with E-state index in [2.05, 4.69) is 25.5 Å². The van der Waals surface area contributed by atoms with Gasteiger partial charge in [-0.15, -0.1) is 11.3 Å². The standard InChI is InChI=1S/C22H24N6O2S/c29-18(12-17-13-31-22(23-17)25-21(30)16-4-2-1-3-5-16)28-10-8-15(9-11-28)20-24-19(26-27-20)14-6-7-14/h1-5,13-15H,6-12H2,(H,23,25,30)(H,24,26,27). The molecule has 2 N–H and O–H groups in total. The van der Waals surface area contributed by atoms with Crippen LogP contribution in [-0.2, 0) is 11.2 Å². The van der Waals surface area contributed by atoms with E-state index >= 15 is 0 Å². The number of carbonyl (C=O) groups excluding carboxylic acids is 2. The fourth-order valence-electron chi connectivity index (χ4n) is 3.87. The number of aromatic amines is 1. The monoisotopic (exact) mass is 436 g/mol. The van der Waals surface area contributed by atoms with Crippen LogP contribution in [0.5, 0.6) is 0 Å². The number of carbonyl (C=O) groups is 2. The summed E-state index contributed by atoms with van der Waals surface area (Å²) in [6.07, 6.45) is 4.41. The van der Waals surface area contributed by atoms with Crippen LogP contribution in [0.25, 0.3) is 0 Å². The number of nitrogens with one attached hydrogen (secondary N) is 2. The molecule has 160 valence electrons. The van der Waals surface area contributed by atoms with Crippen molar-refractivity contribution in [1.29, 1.82) is 0 Å². The lowest BCUT2D eigenvalue weighted by Crippen LogP contribution is -2.39. The molecule has 3 aromatic rings. The summed E-state index contributed by atoms with van der Waals surface area (Å²) in [6.45, 7) is 1.43. The summed E-state index contributed by atoms with van der Waals surface area (Å²) in [5.74, 6) is 2.67. The molecule has 2 fully saturated rings. The Morgan fingerprint density at radius 2 is 1.84 bits per heavy atom. The van der Waals surface area contributed by atoms with E-state index in [0.29, 0.717) is 41.3 Å². The molecule has 0 bridgehead atoms. The third kappa shape index (κ3) is 4.66. The summed E-state index contributed by atoms with van der Waals surface area (Å²) in [4.78, 5) is 36.0. The minimum Gasteiger partial charge on any atom is -0.342 e. The molecule has 31 heavy (non-hydrogen) atoms. The van der Waals surface area contributed by atoms with Gasteiger partial charge in [0.2, 0.25) is 5.91 Å². The molecule has 9 heteroatoms. The highest BCUT2D eigenvalue weighted by atomic mass is 32.1. The second-order valence-electron chi connectivity index (χ2n) is 8.15. The number of likely N-dealkylation sites (tertiary alicyclic amines) is 1. The summed E-state index contributed by atoms with van der Waals surface area (Å²) in [7, 11) is 0. The molecule has 0 spiro atoms. The van der Waals surface area contributed by atoms with E-state index in [4.69, 9.17) is 0 Å². The number of hydrogen-bond donors (Lipinski definition) is 2. The number of anilines is 1. The van der Waals surface area contributed by atoms with Crippen molar-refractivity contribution < 1.29 is 9.59 Å². The SMILES string of the molecule is O=C(Nc1nc(CC(=O)N2CCC(c3nc(C4CC4)n[nH]3)CC2)cs1)c1ccccc1. The summed E-state index contributed by atoms with van der Waals surface area (Å²) >= 11 is 1.34. The maximum absolute atomic E-state index is 12.7. The van der Waals surface area contributed by atoms with E-state index < -0.39 is 0 Å². The predicted molar refractivity (Wildman–Crippen MR) is 117 cm³/mol. The maximum atomic E-state index is 12.7. The Labute approximate surface area is 184 Å². The highest BCUT2D eigenvalue weighted by molar-refractivity contribution is 7.14. The fraction of sp³-hybridized carbons (Fsp3) is 0.409. The molecule has 3 heterocycles. The van der Waals surface area contributed by atoms with Crippen LogP contribution < -0.4 is 5.32 Å². The lowest BCUT2D eigenvalue weighted by Gasteiger charge is -2.30. The van der Waals surface area contributed by atoms with Crippen molar-refractivity contribution in [3.8, 4) is 0 Å². The van der Waals surface area contributed by atoms with Crippen LogP contribution in [0, 0.1) is 0 Å². The first-order chi connectivity index (χ1) is 15.2. The maximum Gasteiger partial charge on any atom is 0.257 e. The highest BCUT2D eigenvalue weighted by Gasteiger charge is 2.30. The zero-order valence-corrected chi connectivity index (χ0v) is 17.9. The minimum atomic E-state index is -0.202. The molecular formula is C22H24N6O2S. The number of H-pyrrole nitrogens is 1. The van der Waals surface area contributed by atoms with Crippen LogP contribution in [0.2, 0.25) is 0 Å². The van der Waals surface area contributed by atoms with Crippen LogP contribution in [-0.4, -0.2) is 50.0 Å². The van der Waals surface area contributed by atoms with E-state index in [1.807, 2.05) is 28.5 Å². The van der Waals surface area contributed by atoms with Crippen molar-refractivity contribution in [3.63, 3.8) is 0 Å². The van der Waals surface area contributed by atoms with Crippen LogP contribution in [0.1, 0.15) is 65.2 Å². The lowest BCUT2D eigenvalue weighted by atomic mass is 9.96. The molecular weight excluding hydrogens is 412 g/mol. The highest BCUT2D eigenvalue weighted by Crippen LogP contribution is 2.38. The average molecular weight is 437 g/mol. The Kier molecular flexibility index (Phi) is 5.50. The van der Waals surface area contributed by atoms with E-state index in [9.17, 15) is 9.59 Å². The molecule has 1 aromatic carbocycles. The Hall–Kier alpha value is -3.07. The van der Waals surface area contributed by atoms with Gasteiger partial charge in [0, 0.05) is 35.9 Å². The number of hydrogen-bond acceptors (Lipinski definition) is 6. The topological polar surface area (TPSA) is 104 Å². The second-order valence-corrected chi connectivity index (χ2v) is 9.01.